The maximum atomic E-state index is 13.6. The lowest BCUT2D eigenvalue weighted by atomic mass is 10.1. The van der Waals surface area contributed by atoms with Gasteiger partial charge in [0.2, 0.25) is 5.91 Å². The summed E-state index contributed by atoms with van der Waals surface area (Å²) in [6.45, 7) is 0. The number of benzene rings is 1. The minimum absolute atomic E-state index is 0.00821. The average molecular weight is 298 g/mol. The van der Waals surface area contributed by atoms with Crippen molar-refractivity contribution in [2.45, 2.75) is 12.8 Å². The van der Waals surface area contributed by atoms with E-state index in [9.17, 15) is 28.5 Å². The molecule has 1 aliphatic heterocycles. The van der Waals surface area contributed by atoms with Crippen LogP contribution in [-0.2, 0) is 9.59 Å². The maximum Gasteiger partial charge on any atom is 0.298 e. The number of carbonyl (C=O) groups excluding carboxylic acids is 2. The molecule has 110 valence electrons. The van der Waals surface area contributed by atoms with Crippen molar-refractivity contribution >= 4 is 28.9 Å². The van der Waals surface area contributed by atoms with Crippen LogP contribution in [0.25, 0.3) is 0 Å². The molecule has 10 heteroatoms. The molecule has 1 heterocycles. The van der Waals surface area contributed by atoms with Crippen molar-refractivity contribution in [2.24, 2.45) is 5.10 Å². The first-order chi connectivity index (χ1) is 9.88. The Morgan fingerprint density at radius 2 is 2.10 bits per heavy atom. The van der Waals surface area contributed by atoms with Gasteiger partial charge in [0.1, 0.15) is 11.5 Å². The van der Waals surface area contributed by atoms with Crippen LogP contribution < -0.4 is 10.7 Å². The fraction of sp³-hybridized carbons (Fsp3) is 0.182. The smallest absolute Gasteiger partial charge is 0.298 e. The Morgan fingerprint density at radius 3 is 2.67 bits per heavy atom. The lowest BCUT2D eigenvalue weighted by Crippen LogP contribution is -2.33. The molecule has 1 aromatic carbocycles. The van der Waals surface area contributed by atoms with Gasteiger partial charge in [-0.3, -0.25) is 19.7 Å². The summed E-state index contributed by atoms with van der Waals surface area (Å²) in [5.74, 6) is -3.72. The molecule has 1 aliphatic rings. The number of rotatable bonds is 3. The Labute approximate surface area is 116 Å². The van der Waals surface area contributed by atoms with E-state index in [1.54, 1.807) is 0 Å². The average Bonchev–Trinajstić information content (AvgIpc) is 2.41. The lowest BCUT2D eigenvalue weighted by Gasteiger charge is -2.12. The highest BCUT2D eigenvalue weighted by atomic mass is 19.1. The van der Waals surface area contributed by atoms with E-state index < -0.39 is 33.8 Å². The van der Waals surface area contributed by atoms with Gasteiger partial charge in [0.25, 0.3) is 11.6 Å². The Hall–Kier alpha value is -2.91. The molecule has 1 aromatic rings. The fourth-order valence-electron chi connectivity index (χ4n) is 1.65. The van der Waals surface area contributed by atoms with Crippen molar-refractivity contribution < 1.29 is 23.3 Å². The first kappa shape index (κ1) is 14.5. The second-order valence-electron chi connectivity index (χ2n) is 4.09. The minimum atomic E-state index is -1.28. The highest BCUT2D eigenvalue weighted by molar-refractivity contribution is 6.43. The molecule has 2 rings (SSSR count). The molecular formula is C11H8F2N4O4. The van der Waals surface area contributed by atoms with E-state index in [2.05, 4.69) is 10.5 Å². The number of hydrogen-bond donors (Lipinski definition) is 2. The molecule has 0 aromatic heterocycles. The zero-order valence-corrected chi connectivity index (χ0v) is 10.4. The largest absolute Gasteiger partial charge is 0.313 e. The quantitative estimate of drug-likeness (QED) is 0.641. The summed E-state index contributed by atoms with van der Waals surface area (Å²) in [5, 5.41) is 16.2. The maximum absolute atomic E-state index is 13.6. The number of nitro groups is 1. The zero-order chi connectivity index (χ0) is 15.6. The van der Waals surface area contributed by atoms with Crippen LogP contribution in [0.2, 0.25) is 0 Å². The van der Waals surface area contributed by atoms with Gasteiger partial charge in [-0.25, -0.2) is 14.2 Å². The van der Waals surface area contributed by atoms with Crippen LogP contribution in [0.15, 0.2) is 17.2 Å². The van der Waals surface area contributed by atoms with Gasteiger partial charge in [-0.2, -0.15) is 5.10 Å². The van der Waals surface area contributed by atoms with E-state index in [1.807, 2.05) is 5.32 Å². The van der Waals surface area contributed by atoms with Crippen LogP contribution in [0.3, 0.4) is 0 Å². The predicted molar refractivity (Wildman–Crippen MR) is 66.5 cm³/mol. The molecule has 0 spiro atoms. The number of amides is 2. The van der Waals surface area contributed by atoms with Crippen LogP contribution in [0.4, 0.5) is 20.2 Å². The van der Waals surface area contributed by atoms with E-state index in [4.69, 9.17) is 0 Å². The number of nitro benzene ring substituents is 1. The summed E-state index contributed by atoms with van der Waals surface area (Å²) in [6, 6.07) is 0.899. The van der Waals surface area contributed by atoms with Crippen molar-refractivity contribution in [3.05, 3.63) is 33.9 Å². The van der Waals surface area contributed by atoms with E-state index in [-0.39, 0.29) is 24.5 Å². The summed E-state index contributed by atoms with van der Waals surface area (Å²) in [7, 11) is 0. The third-order valence-corrected chi connectivity index (χ3v) is 2.64. The molecule has 21 heavy (non-hydrogen) atoms. The Kier molecular flexibility index (Phi) is 3.87. The highest BCUT2D eigenvalue weighted by Gasteiger charge is 2.25. The molecule has 2 N–H and O–H groups in total. The van der Waals surface area contributed by atoms with Crippen LogP contribution in [0, 0.1) is 21.7 Å². The first-order valence-electron chi connectivity index (χ1n) is 5.68. The topological polar surface area (TPSA) is 114 Å². The zero-order valence-electron chi connectivity index (χ0n) is 10.4. The van der Waals surface area contributed by atoms with Crippen molar-refractivity contribution in [1.82, 2.24) is 5.43 Å². The van der Waals surface area contributed by atoms with Crippen LogP contribution >= 0.6 is 0 Å². The van der Waals surface area contributed by atoms with Gasteiger partial charge in [0.05, 0.1) is 11.0 Å². The number of hydrazone groups is 1. The standard InChI is InChI=1S/C11H8F2N4O4/c12-5-3-6(13)10(8(4-5)17(20)21)14-11(19)7-1-2-9(18)16-15-7/h3-4H,1-2H2,(H,14,19)(H,16,18). The molecule has 0 unspecified atom stereocenters. The predicted octanol–water partition coefficient (Wildman–Crippen LogP) is 1.08. The van der Waals surface area contributed by atoms with Crippen molar-refractivity contribution in [3.63, 3.8) is 0 Å². The summed E-state index contributed by atoms with van der Waals surface area (Å²) in [6.07, 6.45) is 0.0223. The molecular weight excluding hydrogens is 290 g/mol. The van der Waals surface area contributed by atoms with E-state index in [1.165, 1.54) is 0 Å². The molecule has 0 radical (unpaired) electrons. The Bertz CT molecular complexity index is 674. The van der Waals surface area contributed by atoms with Gasteiger partial charge in [0, 0.05) is 18.9 Å². The second kappa shape index (κ2) is 5.61. The number of nitrogens with one attached hydrogen (secondary N) is 2. The van der Waals surface area contributed by atoms with Crippen molar-refractivity contribution in [3.8, 4) is 0 Å². The van der Waals surface area contributed by atoms with Gasteiger partial charge in [-0.05, 0) is 0 Å². The van der Waals surface area contributed by atoms with Gasteiger partial charge in [-0.15, -0.1) is 0 Å². The molecule has 0 atom stereocenters. The summed E-state index contributed by atoms with van der Waals surface area (Å²) in [5.41, 5.74) is 0.269. The SMILES string of the molecule is O=C1CCC(C(=O)Nc2c(F)cc(F)cc2[N+](=O)[O-])=NN1. The van der Waals surface area contributed by atoms with E-state index >= 15 is 0 Å². The van der Waals surface area contributed by atoms with Crippen LogP contribution in [0.5, 0.6) is 0 Å². The molecule has 0 aliphatic carbocycles. The molecule has 0 fully saturated rings. The fourth-order valence-corrected chi connectivity index (χ4v) is 1.65. The summed E-state index contributed by atoms with van der Waals surface area (Å²) >= 11 is 0. The Balaban J connectivity index is 2.29. The molecule has 0 saturated heterocycles. The normalized spacial score (nSPS) is 14.2. The lowest BCUT2D eigenvalue weighted by molar-refractivity contribution is -0.384. The number of anilines is 1. The van der Waals surface area contributed by atoms with Crippen molar-refractivity contribution in [1.29, 1.82) is 0 Å². The number of hydrogen-bond acceptors (Lipinski definition) is 5. The van der Waals surface area contributed by atoms with Crippen LogP contribution in [-0.4, -0.2) is 22.4 Å². The monoisotopic (exact) mass is 298 g/mol. The van der Waals surface area contributed by atoms with Gasteiger partial charge in [0.15, 0.2) is 11.5 Å². The first-order valence-corrected chi connectivity index (χ1v) is 5.68. The molecule has 2 amide bonds. The van der Waals surface area contributed by atoms with Crippen molar-refractivity contribution in [2.75, 3.05) is 5.32 Å². The Morgan fingerprint density at radius 1 is 1.38 bits per heavy atom. The number of nitrogens with zero attached hydrogens (tertiary/aromatic N) is 2. The summed E-state index contributed by atoms with van der Waals surface area (Å²) in [4.78, 5) is 32.4. The molecule has 0 saturated carbocycles. The summed E-state index contributed by atoms with van der Waals surface area (Å²) < 4.78 is 26.6. The van der Waals surface area contributed by atoms with Gasteiger partial charge >= 0.3 is 0 Å². The number of carbonyl (C=O) groups is 2. The van der Waals surface area contributed by atoms with E-state index in [0.29, 0.717) is 12.1 Å². The third-order valence-electron chi connectivity index (χ3n) is 2.64. The van der Waals surface area contributed by atoms with E-state index in [0.717, 1.165) is 0 Å². The van der Waals surface area contributed by atoms with Crippen LogP contribution in [0.1, 0.15) is 12.8 Å². The molecule has 8 nitrogen and oxygen atoms in total. The number of halogens is 2. The van der Waals surface area contributed by atoms with Gasteiger partial charge in [-0.1, -0.05) is 0 Å². The second-order valence-corrected chi connectivity index (χ2v) is 4.09. The molecule has 0 bridgehead atoms. The third kappa shape index (κ3) is 3.16. The highest BCUT2D eigenvalue weighted by Crippen LogP contribution is 2.28. The minimum Gasteiger partial charge on any atom is -0.313 e. The van der Waals surface area contributed by atoms with Gasteiger partial charge < -0.3 is 5.32 Å².